The van der Waals surface area contributed by atoms with Gasteiger partial charge in [0.2, 0.25) is 0 Å². The summed E-state index contributed by atoms with van der Waals surface area (Å²) in [6.45, 7) is -0.125. The fraction of sp³-hybridized carbons (Fsp3) is 0.889. The van der Waals surface area contributed by atoms with E-state index < -0.39 is 52.5 Å². The number of aliphatic hydroxyl groups is 4. The lowest BCUT2D eigenvalue weighted by Crippen LogP contribution is -2.61. The first-order valence-electron chi connectivity index (χ1n) is 5.74. The SMILES string of the molecule is O=C(NCCCS(=O)(=O)O)[C@H]1O[C@@H](O)[C@H](O)[C@@H](O)[C@@H]1O. The van der Waals surface area contributed by atoms with Gasteiger partial charge in [0.1, 0.15) is 18.3 Å². The molecule has 1 rings (SSSR count). The largest absolute Gasteiger partial charge is 0.387 e. The van der Waals surface area contributed by atoms with E-state index in [0.29, 0.717) is 0 Å². The molecule has 0 radical (unpaired) electrons. The van der Waals surface area contributed by atoms with Crippen molar-refractivity contribution in [3.63, 3.8) is 0 Å². The van der Waals surface area contributed by atoms with Crippen LogP contribution in [0.4, 0.5) is 0 Å². The van der Waals surface area contributed by atoms with Gasteiger partial charge in [-0.3, -0.25) is 9.35 Å². The number of hydrogen-bond donors (Lipinski definition) is 6. The molecule has 1 fully saturated rings. The van der Waals surface area contributed by atoms with E-state index in [1.807, 2.05) is 0 Å². The highest BCUT2D eigenvalue weighted by atomic mass is 32.2. The molecule has 0 aliphatic carbocycles. The second kappa shape index (κ2) is 6.76. The Bertz CT molecular complexity index is 439. The van der Waals surface area contributed by atoms with E-state index in [-0.39, 0.29) is 13.0 Å². The van der Waals surface area contributed by atoms with E-state index in [9.17, 15) is 33.6 Å². The number of aliphatic hydroxyl groups excluding tert-OH is 4. The molecule has 20 heavy (non-hydrogen) atoms. The van der Waals surface area contributed by atoms with Crippen LogP contribution in [0.3, 0.4) is 0 Å². The Balaban J connectivity index is 2.47. The molecule has 1 amide bonds. The van der Waals surface area contributed by atoms with Crippen molar-refractivity contribution in [1.82, 2.24) is 5.32 Å². The minimum atomic E-state index is -4.13. The molecule has 5 atom stereocenters. The van der Waals surface area contributed by atoms with Crippen LogP contribution in [0.1, 0.15) is 6.42 Å². The summed E-state index contributed by atoms with van der Waals surface area (Å²) in [6, 6.07) is 0. The molecule has 1 aliphatic rings. The van der Waals surface area contributed by atoms with Crippen molar-refractivity contribution in [2.24, 2.45) is 0 Å². The van der Waals surface area contributed by atoms with Crippen molar-refractivity contribution in [1.29, 1.82) is 0 Å². The predicted molar refractivity (Wildman–Crippen MR) is 62.9 cm³/mol. The molecular formula is C9H17NO9S. The van der Waals surface area contributed by atoms with E-state index in [2.05, 4.69) is 10.1 Å². The Labute approximate surface area is 114 Å². The highest BCUT2D eigenvalue weighted by molar-refractivity contribution is 7.85. The van der Waals surface area contributed by atoms with Gasteiger partial charge < -0.3 is 30.5 Å². The van der Waals surface area contributed by atoms with Crippen LogP contribution in [0.2, 0.25) is 0 Å². The summed E-state index contributed by atoms with van der Waals surface area (Å²) in [6.07, 6.45) is -8.74. The number of nitrogens with one attached hydrogen (secondary N) is 1. The fourth-order valence-corrected chi connectivity index (χ4v) is 2.15. The summed E-state index contributed by atoms with van der Waals surface area (Å²) >= 11 is 0. The minimum absolute atomic E-state index is 0.0683. The van der Waals surface area contributed by atoms with E-state index in [1.165, 1.54) is 0 Å². The zero-order valence-electron chi connectivity index (χ0n) is 10.3. The van der Waals surface area contributed by atoms with Gasteiger partial charge in [-0.1, -0.05) is 0 Å². The Morgan fingerprint density at radius 2 is 1.70 bits per heavy atom. The molecule has 11 heteroatoms. The van der Waals surface area contributed by atoms with Gasteiger partial charge in [0.05, 0.1) is 5.75 Å². The quantitative estimate of drug-likeness (QED) is 0.219. The molecule has 1 aliphatic heterocycles. The second-order valence-corrected chi connectivity index (χ2v) is 5.92. The third-order valence-corrected chi connectivity index (χ3v) is 3.53. The van der Waals surface area contributed by atoms with Crippen LogP contribution in [0, 0.1) is 0 Å². The first-order valence-corrected chi connectivity index (χ1v) is 7.35. The average molecular weight is 315 g/mol. The van der Waals surface area contributed by atoms with Crippen molar-refractivity contribution < 1.29 is 42.9 Å². The number of carbonyl (C=O) groups is 1. The molecule has 0 aromatic heterocycles. The Kier molecular flexibility index (Phi) is 5.82. The van der Waals surface area contributed by atoms with Crippen LogP contribution in [0.25, 0.3) is 0 Å². The summed E-state index contributed by atoms with van der Waals surface area (Å²) in [4.78, 5) is 11.6. The zero-order chi connectivity index (χ0) is 15.5. The number of hydrogen-bond acceptors (Lipinski definition) is 8. The molecule has 1 heterocycles. The van der Waals surface area contributed by atoms with Gasteiger partial charge >= 0.3 is 0 Å². The van der Waals surface area contributed by atoms with Crippen molar-refractivity contribution in [2.75, 3.05) is 12.3 Å². The van der Waals surface area contributed by atoms with Crippen LogP contribution < -0.4 is 5.32 Å². The van der Waals surface area contributed by atoms with E-state index in [1.54, 1.807) is 0 Å². The number of rotatable bonds is 5. The lowest BCUT2D eigenvalue weighted by atomic mass is 9.98. The third kappa shape index (κ3) is 4.63. The highest BCUT2D eigenvalue weighted by Gasteiger charge is 2.45. The molecule has 10 nitrogen and oxygen atoms in total. The van der Waals surface area contributed by atoms with Gasteiger partial charge in [0.15, 0.2) is 12.4 Å². The lowest BCUT2D eigenvalue weighted by Gasteiger charge is -2.37. The van der Waals surface area contributed by atoms with Crippen molar-refractivity contribution in [3.8, 4) is 0 Å². The van der Waals surface area contributed by atoms with Crippen LogP contribution in [-0.2, 0) is 19.6 Å². The smallest absolute Gasteiger partial charge is 0.264 e. The fourth-order valence-electron chi connectivity index (χ4n) is 1.64. The topological polar surface area (TPSA) is 174 Å². The maximum absolute atomic E-state index is 11.6. The van der Waals surface area contributed by atoms with Crippen LogP contribution in [0.15, 0.2) is 0 Å². The molecule has 0 unspecified atom stereocenters. The minimum Gasteiger partial charge on any atom is -0.387 e. The molecule has 0 spiro atoms. The van der Waals surface area contributed by atoms with Crippen LogP contribution >= 0.6 is 0 Å². The van der Waals surface area contributed by atoms with Gasteiger partial charge in [-0.25, -0.2) is 0 Å². The average Bonchev–Trinajstić information content (AvgIpc) is 2.35. The highest BCUT2D eigenvalue weighted by Crippen LogP contribution is 2.19. The van der Waals surface area contributed by atoms with Crippen molar-refractivity contribution in [2.45, 2.75) is 37.1 Å². The van der Waals surface area contributed by atoms with Gasteiger partial charge in [0.25, 0.3) is 16.0 Å². The first kappa shape index (κ1) is 17.2. The maximum atomic E-state index is 11.6. The summed E-state index contributed by atoms with van der Waals surface area (Å²) in [7, 11) is -4.13. The molecule has 0 aromatic rings. The lowest BCUT2D eigenvalue weighted by molar-refractivity contribution is -0.275. The summed E-state index contributed by atoms with van der Waals surface area (Å²) < 4.78 is 34.0. The Hall–Kier alpha value is -0.820. The summed E-state index contributed by atoms with van der Waals surface area (Å²) in [5, 5.41) is 39.6. The molecule has 118 valence electrons. The second-order valence-electron chi connectivity index (χ2n) is 4.35. The van der Waals surface area contributed by atoms with Crippen LogP contribution in [0.5, 0.6) is 0 Å². The van der Waals surface area contributed by atoms with E-state index >= 15 is 0 Å². The molecule has 0 aromatic carbocycles. The molecule has 0 bridgehead atoms. The summed E-state index contributed by atoms with van der Waals surface area (Å²) in [5.41, 5.74) is 0. The van der Waals surface area contributed by atoms with Gasteiger partial charge in [-0.05, 0) is 6.42 Å². The van der Waals surface area contributed by atoms with Gasteiger partial charge in [-0.2, -0.15) is 8.42 Å². The molecular weight excluding hydrogens is 298 g/mol. The summed E-state index contributed by atoms with van der Waals surface area (Å²) in [5.74, 6) is -1.44. The monoisotopic (exact) mass is 315 g/mol. The Morgan fingerprint density at radius 1 is 1.10 bits per heavy atom. The predicted octanol–water partition coefficient (Wildman–Crippen LogP) is -3.82. The molecule has 6 N–H and O–H groups in total. The van der Waals surface area contributed by atoms with Gasteiger partial charge in [0, 0.05) is 6.54 Å². The molecule has 0 saturated carbocycles. The third-order valence-electron chi connectivity index (χ3n) is 2.72. The zero-order valence-corrected chi connectivity index (χ0v) is 11.1. The number of carbonyl (C=O) groups excluding carboxylic acids is 1. The number of amides is 1. The van der Waals surface area contributed by atoms with Crippen LogP contribution in [-0.4, -0.2) is 82.3 Å². The standard InChI is InChI=1S/C9H17NO9S/c11-4-5(12)7(19-9(15)6(4)13)8(14)10-2-1-3-20(16,17)18/h4-7,9,11-13,15H,1-3H2,(H,10,14)(H,16,17,18)/t4-,5-,6+,7-,9+/m0/s1. The van der Waals surface area contributed by atoms with Crippen molar-refractivity contribution in [3.05, 3.63) is 0 Å². The molecule has 1 saturated heterocycles. The van der Waals surface area contributed by atoms with E-state index in [0.717, 1.165) is 0 Å². The van der Waals surface area contributed by atoms with Crippen molar-refractivity contribution >= 4 is 16.0 Å². The van der Waals surface area contributed by atoms with Gasteiger partial charge in [-0.15, -0.1) is 0 Å². The normalized spacial score (nSPS) is 34.8. The Morgan fingerprint density at radius 3 is 2.25 bits per heavy atom. The first-order chi connectivity index (χ1) is 9.13. The maximum Gasteiger partial charge on any atom is 0.264 e. The number of ether oxygens (including phenoxy) is 1. The van der Waals surface area contributed by atoms with E-state index in [4.69, 9.17) is 4.55 Å².